The molecule has 1 aromatic heterocycles. The second-order valence-corrected chi connectivity index (χ2v) is 4.50. The highest BCUT2D eigenvalue weighted by atomic mass is 127. The summed E-state index contributed by atoms with van der Waals surface area (Å²) in [5.41, 5.74) is 0. The van der Waals surface area contributed by atoms with Gasteiger partial charge in [0.1, 0.15) is 12.0 Å². The molecule has 1 heterocycles. The number of rotatable bonds is 3. The largest absolute Gasteiger partial charge is 0.374 e. The van der Waals surface area contributed by atoms with E-state index in [9.17, 15) is 5.11 Å². The van der Waals surface area contributed by atoms with Crippen LogP contribution in [-0.2, 0) is 0 Å². The highest BCUT2D eigenvalue weighted by Crippen LogP contribution is 2.37. The molecular weight excluding hydrogens is 281 g/mol. The van der Waals surface area contributed by atoms with Crippen LogP contribution in [0.3, 0.4) is 0 Å². The number of nitrogens with one attached hydrogen (secondary N) is 1. The van der Waals surface area contributed by atoms with Crippen molar-refractivity contribution in [3.05, 3.63) is 9.77 Å². The lowest BCUT2D eigenvalue weighted by Crippen LogP contribution is -2.17. The molecule has 5 heteroatoms. The lowest BCUT2D eigenvalue weighted by Gasteiger charge is -2.11. The number of aliphatic hydroxyl groups excluding tert-OH is 1. The Hall–Kier alpha value is -0.300. The molecule has 0 aromatic carbocycles. The number of aromatic nitrogens is 2. The van der Waals surface area contributed by atoms with Crippen molar-refractivity contribution in [2.75, 3.05) is 5.32 Å². The molecule has 1 aliphatic carbocycles. The summed E-state index contributed by atoms with van der Waals surface area (Å²) in [6, 6.07) is 0.546. The standard InChI is InChI=1S/C8H12IN3O/c1-5(13)11-8-7(9)4-10-12(8)6-2-3-6/h4-6,11,13H,2-3H2,1H3. The van der Waals surface area contributed by atoms with Crippen molar-refractivity contribution >= 4 is 28.4 Å². The van der Waals surface area contributed by atoms with Crippen molar-refractivity contribution in [1.29, 1.82) is 0 Å². The van der Waals surface area contributed by atoms with Crippen LogP contribution in [0.25, 0.3) is 0 Å². The first-order valence-corrected chi connectivity index (χ1v) is 5.44. The van der Waals surface area contributed by atoms with Gasteiger partial charge in [0.2, 0.25) is 0 Å². The van der Waals surface area contributed by atoms with Crippen LogP contribution < -0.4 is 5.32 Å². The van der Waals surface area contributed by atoms with Gasteiger partial charge in [0, 0.05) is 0 Å². The third-order valence-electron chi connectivity index (χ3n) is 1.99. The summed E-state index contributed by atoms with van der Waals surface area (Å²) in [7, 11) is 0. The summed E-state index contributed by atoms with van der Waals surface area (Å²) < 4.78 is 3.03. The van der Waals surface area contributed by atoms with Gasteiger partial charge in [-0.2, -0.15) is 5.10 Å². The third-order valence-corrected chi connectivity index (χ3v) is 2.78. The Bertz CT molecular complexity index is 306. The zero-order valence-electron chi connectivity index (χ0n) is 7.37. The molecule has 1 aliphatic rings. The topological polar surface area (TPSA) is 50.1 Å². The van der Waals surface area contributed by atoms with E-state index in [1.807, 2.05) is 10.9 Å². The van der Waals surface area contributed by atoms with Gasteiger partial charge in [0.15, 0.2) is 0 Å². The predicted octanol–water partition coefficient (Wildman–Crippen LogP) is 1.57. The molecule has 0 spiro atoms. The Balaban J connectivity index is 2.23. The van der Waals surface area contributed by atoms with E-state index in [-0.39, 0.29) is 0 Å². The molecule has 2 rings (SSSR count). The Morgan fingerprint density at radius 1 is 1.77 bits per heavy atom. The fourth-order valence-electron chi connectivity index (χ4n) is 1.27. The van der Waals surface area contributed by atoms with Gasteiger partial charge in [0.05, 0.1) is 15.8 Å². The van der Waals surface area contributed by atoms with Crippen molar-refractivity contribution in [3.63, 3.8) is 0 Å². The highest BCUT2D eigenvalue weighted by Gasteiger charge is 2.27. The van der Waals surface area contributed by atoms with Crippen molar-refractivity contribution < 1.29 is 5.11 Å². The van der Waals surface area contributed by atoms with Crippen molar-refractivity contribution in [2.24, 2.45) is 0 Å². The van der Waals surface area contributed by atoms with Gasteiger partial charge >= 0.3 is 0 Å². The molecule has 4 nitrogen and oxygen atoms in total. The van der Waals surface area contributed by atoms with Crippen LogP contribution in [0.4, 0.5) is 5.82 Å². The molecule has 1 atom stereocenters. The maximum absolute atomic E-state index is 9.22. The van der Waals surface area contributed by atoms with Crippen LogP contribution in [0.2, 0.25) is 0 Å². The lowest BCUT2D eigenvalue weighted by atomic mass is 10.5. The van der Waals surface area contributed by atoms with E-state index >= 15 is 0 Å². The van der Waals surface area contributed by atoms with E-state index in [4.69, 9.17) is 0 Å². The zero-order valence-corrected chi connectivity index (χ0v) is 9.52. The van der Waals surface area contributed by atoms with E-state index in [0.717, 1.165) is 9.39 Å². The normalized spacial score (nSPS) is 18.7. The first kappa shape index (κ1) is 9.26. The molecule has 1 fully saturated rings. The second kappa shape index (κ2) is 3.45. The fourth-order valence-corrected chi connectivity index (χ4v) is 1.80. The van der Waals surface area contributed by atoms with E-state index in [0.29, 0.717) is 6.04 Å². The molecule has 0 bridgehead atoms. The maximum Gasteiger partial charge on any atom is 0.140 e. The lowest BCUT2D eigenvalue weighted by molar-refractivity contribution is 0.223. The van der Waals surface area contributed by atoms with Gasteiger partial charge in [0.25, 0.3) is 0 Å². The minimum absolute atomic E-state index is 0.525. The third kappa shape index (κ3) is 1.96. The number of hydrogen-bond acceptors (Lipinski definition) is 3. The van der Waals surface area contributed by atoms with Crippen LogP contribution in [0, 0.1) is 3.57 Å². The minimum atomic E-state index is -0.525. The molecule has 2 N–H and O–H groups in total. The molecule has 0 saturated heterocycles. The van der Waals surface area contributed by atoms with Gasteiger partial charge in [-0.05, 0) is 42.4 Å². The first-order valence-electron chi connectivity index (χ1n) is 4.36. The van der Waals surface area contributed by atoms with Crippen molar-refractivity contribution in [3.8, 4) is 0 Å². The molecule has 0 amide bonds. The molecule has 0 radical (unpaired) electrons. The highest BCUT2D eigenvalue weighted by molar-refractivity contribution is 14.1. The average molecular weight is 293 g/mol. The smallest absolute Gasteiger partial charge is 0.140 e. The summed E-state index contributed by atoms with van der Waals surface area (Å²) in [5, 5.41) is 16.5. The number of nitrogens with zero attached hydrogens (tertiary/aromatic N) is 2. The van der Waals surface area contributed by atoms with E-state index in [2.05, 4.69) is 33.0 Å². The van der Waals surface area contributed by atoms with Gasteiger partial charge < -0.3 is 10.4 Å². The summed E-state index contributed by atoms with van der Waals surface area (Å²) in [6.45, 7) is 1.71. The molecular formula is C8H12IN3O. The summed E-state index contributed by atoms with van der Waals surface area (Å²) in [4.78, 5) is 0. The average Bonchev–Trinajstić information content (AvgIpc) is 2.81. The SMILES string of the molecule is CC(O)Nc1c(I)cnn1C1CC1. The number of anilines is 1. The predicted molar refractivity (Wildman–Crippen MR) is 58.5 cm³/mol. The summed E-state index contributed by atoms with van der Waals surface area (Å²) >= 11 is 2.22. The number of halogens is 1. The monoisotopic (exact) mass is 293 g/mol. The van der Waals surface area contributed by atoms with Crippen LogP contribution in [0.15, 0.2) is 6.20 Å². The molecule has 72 valence electrons. The van der Waals surface area contributed by atoms with Crippen LogP contribution in [0.1, 0.15) is 25.8 Å². The van der Waals surface area contributed by atoms with Gasteiger partial charge in [-0.25, -0.2) is 4.68 Å². The van der Waals surface area contributed by atoms with Gasteiger partial charge in [-0.15, -0.1) is 0 Å². The Kier molecular flexibility index (Phi) is 2.46. The van der Waals surface area contributed by atoms with Crippen LogP contribution in [-0.4, -0.2) is 21.1 Å². The number of aliphatic hydroxyl groups is 1. The van der Waals surface area contributed by atoms with E-state index < -0.39 is 6.23 Å². The summed E-state index contributed by atoms with van der Waals surface area (Å²) in [5.74, 6) is 0.943. The van der Waals surface area contributed by atoms with Gasteiger partial charge in [-0.3, -0.25) is 0 Å². The first-order chi connectivity index (χ1) is 6.18. The van der Waals surface area contributed by atoms with Crippen molar-refractivity contribution in [1.82, 2.24) is 9.78 Å². The van der Waals surface area contributed by atoms with Gasteiger partial charge in [-0.1, -0.05) is 0 Å². The Labute approximate surface area is 90.5 Å². The van der Waals surface area contributed by atoms with Crippen molar-refractivity contribution in [2.45, 2.75) is 32.0 Å². The van der Waals surface area contributed by atoms with Crippen LogP contribution >= 0.6 is 22.6 Å². The second-order valence-electron chi connectivity index (χ2n) is 3.34. The molecule has 0 aliphatic heterocycles. The quantitative estimate of drug-likeness (QED) is 0.657. The Morgan fingerprint density at radius 2 is 2.46 bits per heavy atom. The Morgan fingerprint density at radius 3 is 3.00 bits per heavy atom. The van der Waals surface area contributed by atoms with E-state index in [1.54, 1.807) is 6.92 Å². The molecule has 1 saturated carbocycles. The molecule has 1 unspecified atom stereocenters. The number of hydrogen-bond donors (Lipinski definition) is 2. The molecule has 13 heavy (non-hydrogen) atoms. The fraction of sp³-hybridized carbons (Fsp3) is 0.625. The molecule has 1 aromatic rings. The zero-order chi connectivity index (χ0) is 9.42. The van der Waals surface area contributed by atoms with Crippen LogP contribution in [0.5, 0.6) is 0 Å². The minimum Gasteiger partial charge on any atom is -0.374 e. The summed E-state index contributed by atoms with van der Waals surface area (Å²) in [6.07, 6.45) is 3.70. The maximum atomic E-state index is 9.22. The van der Waals surface area contributed by atoms with E-state index in [1.165, 1.54) is 12.8 Å².